The van der Waals surface area contributed by atoms with Crippen molar-refractivity contribution < 1.29 is 46.6 Å². The van der Waals surface area contributed by atoms with Crippen LogP contribution >= 0.6 is 0 Å². The van der Waals surface area contributed by atoms with E-state index in [2.05, 4.69) is 5.32 Å². The number of methoxy groups -OCH3 is 1. The van der Waals surface area contributed by atoms with E-state index >= 15 is 0 Å². The van der Waals surface area contributed by atoms with Crippen LogP contribution in [-0.2, 0) is 11.0 Å². The van der Waals surface area contributed by atoms with Crippen molar-refractivity contribution in [2.75, 3.05) is 38.7 Å². The van der Waals surface area contributed by atoms with E-state index < -0.39 is 58.4 Å². The molecule has 4 amide bonds. The van der Waals surface area contributed by atoms with Crippen LogP contribution in [-0.4, -0.2) is 84.1 Å². The first-order chi connectivity index (χ1) is 20.1. The quantitative estimate of drug-likeness (QED) is 0.454. The molecule has 1 atom stereocenters. The van der Waals surface area contributed by atoms with Crippen LogP contribution in [0.5, 0.6) is 5.75 Å². The number of piperidine rings is 1. The number of ether oxygens (including phenoxy) is 1. The Balaban J connectivity index is 1.53. The molecule has 0 aliphatic carbocycles. The lowest BCUT2D eigenvalue weighted by atomic mass is 9.85. The normalized spacial score (nSPS) is 17.4. The van der Waals surface area contributed by atoms with E-state index in [-0.39, 0.29) is 30.4 Å². The largest absolute Gasteiger partial charge is 0.496 e. The molecule has 4 rings (SSSR count). The van der Waals surface area contributed by atoms with Crippen molar-refractivity contribution in [2.45, 2.75) is 44.4 Å². The molecule has 2 N–H and O–H groups in total. The second-order valence-electron chi connectivity index (χ2n) is 11.1. The van der Waals surface area contributed by atoms with Crippen LogP contribution in [0.2, 0.25) is 0 Å². The summed E-state index contributed by atoms with van der Waals surface area (Å²) in [5, 5.41) is 11.8. The van der Waals surface area contributed by atoms with E-state index in [9.17, 15) is 41.8 Å². The van der Waals surface area contributed by atoms with Crippen molar-refractivity contribution in [1.29, 1.82) is 0 Å². The lowest BCUT2D eigenvalue weighted by molar-refractivity contribution is -0.138. The number of carboxylic acid groups (broad SMARTS) is 1. The molecule has 14 heteroatoms. The summed E-state index contributed by atoms with van der Waals surface area (Å²) >= 11 is 0. The number of aromatic carboxylic acids is 1. The van der Waals surface area contributed by atoms with Gasteiger partial charge in [0.15, 0.2) is 0 Å². The highest BCUT2D eigenvalue weighted by atomic mass is 19.4. The molecule has 2 fully saturated rings. The number of anilines is 1. The standard InChI is InChI=1S/C29H32F4N4O6/c1-16(2)23(34-24(38)20-13-17(29(31,32)33)5-8-21(20)30)25(39)36-11-9-28(10-12-36)15-35(3)27(42)37(28)18-6-7-19(26(40)41)22(14-18)43-4/h5-8,13-14,16,23H,9-12,15H2,1-4H3,(H,34,38)(H,40,41)/t23-/m1/s1. The molecule has 10 nitrogen and oxygen atoms in total. The second kappa shape index (κ2) is 11.7. The Morgan fingerprint density at radius 3 is 2.26 bits per heavy atom. The number of halogens is 4. The maximum absolute atomic E-state index is 14.3. The van der Waals surface area contributed by atoms with Gasteiger partial charge in [0, 0.05) is 38.4 Å². The second-order valence-corrected chi connectivity index (χ2v) is 11.1. The molecule has 2 aliphatic rings. The minimum Gasteiger partial charge on any atom is -0.496 e. The monoisotopic (exact) mass is 608 g/mol. The van der Waals surface area contributed by atoms with E-state index in [4.69, 9.17) is 4.74 Å². The SMILES string of the molecule is COc1cc(N2C(=O)N(C)CC23CCN(C(=O)[C@H](NC(=O)c2cc(C(F)(F)F)ccc2F)C(C)C)CC3)ccc1C(=O)O. The van der Waals surface area contributed by atoms with Crippen molar-refractivity contribution >= 4 is 29.5 Å². The van der Waals surface area contributed by atoms with Crippen molar-refractivity contribution in [2.24, 2.45) is 5.92 Å². The first-order valence-corrected chi connectivity index (χ1v) is 13.5. The van der Waals surface area contributed by atoms with Crippen molar-refractivity contribution in [3.8, 4) is 5.75 Å². The number of hydrogen-bond acceptors (Lipinski definition) is 5. The molecule has 232 valence electrons. The highest BCUT2D eigenvalue weighted by Crippen LogP contribution is 2.41. The first-order valence-electron chi connectivity index (χ1n) is 13.5. The zero-order valence-corrected chi connectivity index (χ0v) is 24.0. The molecule has 1 spiro atoms. The van der Waals surface area contributed by atoms with E-state index in [0.717, 1.165) is 0 Å². The smallest absolute Gasteiger partial charge is 0.416 e. The topological polar surface area (TPSA) is 119 Å². The number of amides is 4. The highest BCUT2D eigenvalue weighted by Gasteiger charge is 2.51. The van der Waals surface area contributed by atoms with E-state index in [1.54, 1.807) is 25.8 Å². The third kappa shape index (κ3) is 6.09. The number of carbonyl (C=O) groups is 4. The maximum Gasteiger partial charge on any atom is 0.416 e. The van der Waals surface area contributed by atoms with E-state index in [1.165, 1.54) is 35.1 Å². The van der Waals surface area contributed by atoms with Gasteiger partial charge in [0.25, 0.3) is 5.91 Å². The number of nitrogens with zero attached hydrogens (tertiary/aromatic N) is 3. The van der Waals surface area contributed by atoms with Crippen LogP contribution in [0.15, 0.2) is 36.4 Å². The fourth-order valence-electron chi connectivity index (χ4n) is 5.66. The van der Waals surface area contributed by atoms with Crippen LogP contribution in [0.25, 0.3) is 0 Å². The van der Waals surface area contributed by atoms with Crippen molar-refractivity contribution in [3.05, 3.63) is 58.9 Å². The molecular weight excluding hydrogens is 576 g/mol. The predicted octanol–water partition coefficient (Wildman–Crippen LogP) is 4.24. The minimum atomic E-state index is -4.78. The van der Waals surface area contributed by atoms with Gasteiger partial charge >= 0.3 is 18.2 Å². The lowest BCUT2D eigenvalue weighted by Crippen LogP contribution is -2.59. The number of carbonyl (C=O) groups excluding carboxylic acids is 3. The summed E-state index contributed by atoms with van der Waals surface area (Å²) in [6.45, 7) is 4.03. The molecule has 2 saturated heterocycles. The summed E-state index contributed by atoms with van der Waals surface area (Å²) in [6, 6.07) is 4.43. The average molecular weight is 609 g/mol. The fraction of sp³-hybridized carbons (Fsp3) is 0.448. The number of alkyl halides is 3. The van der Waals surface area contributed by atoms with Crippen LogP contribution in [0.4, 0.5) is 28.0 Å². The van der Waals surface area contributed by atoms with Crippen LogP contribution in [0.1, 0.15) is 53.0 Å². The molecule has 43 heavy (non-hydrogen) atoms. The third-order valence-electron chi connectivity index (χ3n) is 7.96. The van der Waals surface area contributed by atoms with Crippen LogP contribution in [0, 0.1) is 11.7 Å². The van der Waals surface area contributed by atoms with Gasteiger partial charge in [-0.05, 0) is 49.1 Å². The molecule has 0 radical (unpaired) electrons. The summed E-state index contributed by atoms with van der Waals surface area (Å²) in [5.74, 6) is -4.35. The molecule has 0 aromatic heterocycles. The van der Waals surface area contributed by atoms with Crippen molar-refractivity contribution in [1.82, 2.24) is 15.1 Å². The Bertz CT molecular complexity index is 1440. The number of benzene rings is 2. The third-order valence-corrected chi connectivity index (χ3v) is 7.96. The van der Waals surface area contributed by atoms with E-state index in [0.29, 0.717) is 43.3 Å². The molecule has 2 aliphatic heterocycles. The van der Waals surface area contributed by atoms with E-state index in [1.807, 2.05) is 0 Å². The number of nitrogens with one attached hydrogen (secondary N) is 1. The van der Waals surface area contributed by atoms with Gasteiger partial charge in [-0.15, -0.1) is 0 Å². The number of likely N-dealkylation sites (tertiary alicyclic amines) is 1. The van der Waals surface area contributed by atoms with Gasteiger partial charge in [-0.1, -0.05) is 13.8 Å². The van der Waals surface area contributed by atoms with Crippen molar-refractivity contribution in [3.63, 3.8) is 0 Å². The Morgan fingerprint density at radius 1 is 1.05 bits per heavy atom. The Hall–Kier alpha value is -4.36. The number of hydrogen-bond donors (Lipinski definition) is 2. The van der Waals surface area contributed by atoms with Gasteiger partial charge in [-0.25, -0.2) is 14.0 Å². The number of urea groups is 1. The van der Waals surface area contributed by atoms with Crippen LogP contribution in [0.3, 0.4) is 0 Å². The summed E-state index contributed by atoms with van der Waals surface area (Å²) in [6.07, 6.45) is -4.09. The minimum absolute atomic E-state index is 0.0625. The summed E-state index contributed by atoms with van der Waals surface area (Å²) in [4.78, 5) is 55.8. The zero-order chi connectivity index (χ0) is 31.9. The van der Waals surface area contributed by atoms with Gasteiger partial charge in [-0.2, -0.15) is 13.2 Å². The Labute approximate surface area is 245 Å². The fourth-order valence-corrected chi connectivity index (χ4v) is 5.66. The molecule has 0 bridgehead atoms. The number of likely N-dealkylation sites (N-methyl/N-ethyl adjacent to an activating group) is 1. The average Bonchev–Trinajstić information content (AvgIpc) is 3.18. The number of rotatable bonds is 7. The van der Waals surface area contributed by atoms with Gasteiger partial charge in [0.05, 0.1) is 23.8 Å². The summed E-state index contributed by atoms with van der Waals surface area (Å²) < 4.78 is 59.0. The predicted molar refractivity (Wildman–Crippen MR) is 146 cm³/mol. The molecule has 2 heterocycles. The molecule has 2 aromatic carbocycles. The first kappa shape index (κ1) is 31.6. The lowest BCUT2D eigenvalue weighted by Gasteiger charge is -2.44. The molecular formula is C29H32F4N4O6. The molecule has 2 aromatic rings. The van der Waals surface area contributed by atoms with Gasteiger partial charge in [0.1, 0.15) is 23.2 Å². The molecule has 0 saturated carbocycles. The summed E-state index contributed by atoms with van der Waals surface area (Å²) in [5.41, 5.74) is -2.36. The zero-order valence-electron chi connectivity index (χ0n) is 24.0. The van der Waals surface area contributed by atoms with Crippen LogP contribution < -0.4 is 15.0 Å². The van der Waals surface area contributed by atoms with Gasteiger partial charge < -0.3 is 25.0 Å². The highest BCUT2D eigenvalue weighted by molar-refractivity contribution is 5.99. The maximum atomic E-state index is 14.3. The number of carboxylic acids is 1. The van der Waals surface area contributed by atoms with Gasteiger partial charge in [0.2, 0.25) is 5.91 Å². The Kier molecular flexibility index (Phi) is 8.61. The summed E-state index contributed by atoms with van der Waals surface area (Å²) in [7, 11) is 2.97. The Morgan fingerprint density at radius 2 is 1.70 bits per heavy atom. The molecule has 0 unspecified atom stereocenters. The van der Waals surface area contributed by atoms with Gasteiger partial charge in [-0.3, -0.25) is 14.5 Å².